The molecular formula is C11H14FN5. The molecule has 2 aromatic rings. The first kappa shape index (κ1) is 11.7. The van der Waals surface area contributed by atoms with Crippen LogP contribution < -0.4 is 5.32 Å². The summed E-state index contributed by atoms with van der Waals surface area (Å²) in [6.07, 6.45) is 5.32. The largest absolute Gasteiger partial charge is 0.305 e. The number of rotatable bonds is 5. The zero-order valence-electron chi connectivity index (χ0n) is 9.52. The number of H-pyrrole nitrogens is 1. The monoisotopic (exact) mass is 235 g/mol. The van der Waals surface area contributed by atoms with Crippen LogP contribution in [0.4, 0.5) is 4.39 Å². The van der Waals surface area contributed by atoms with Gasteiger partial charge in [0, 0.05) is 11.8 Å². The number of nitrogens with one attached hydrogen (secondary N) is 2. The summed E-state index contributed by atoms with van der Waals surface area (Å²) in [5, 5.41) is 13.5. The molecule has 0 aliphatic carbocycles. The van der Waals surface area contributed by atoms with E-state index >= 15 is 0 Å². The molecule has 0 aromatic carbocycles. The van der Waals surface area contributed by atoms with Crippen LogP contribution in [0.25, 0.3) is 0 Å². The summed E-state index contributed by atoms with van der Waals surface area (Å²) in [6, 6.07) is 1.36. The minimum atomic E-state index is -0.343. The highest BCUT2D eigenvalue weighted by molar-refractivity contribution is 5.25. The summed E-state index contributed by atoms with van der Waals surface area (Å²) in [4.78, 5) is 3.74. The lowest BCUT2D eigenvalue weighted by molar-refractivity contribution is 0.535. The molecule has 0 aliphatic rings. The molecule has 0 spiro atoms. The van der Waals surface area contributed by atoms with Crippen LogP contribution in [0.2, 0.25) is 0 Å². The molecule has 2 aromatic heterocycles. The average Bonchev–Trinajstić information content (AvgIpc) is 2.85. The van der Waals surface area contributed by atoms with Crippen LogP contribution in [0.5, 0.6) is 0 Å². The Balaban J connectivity index is 2.30. The molecule has 5 nitrogen and oxygen atoms in total. The van der Waals surface area contributed by atoms with Gasteiger partial charge in [-0.3, -0.25) is 4.98 Å². The van der Waals surface area contributed by atoms with E-state index in [-0.39, 0.29) is 11.9 Å². The minimum absolute atomic E-state index is 0.295. The van der Waals surface area contributed by atoms with Crippen molar-refractivity contribution in [1.29, 1.82) is 0 Å². The van der Waals surface area contributed by atoms with E-state index in [1.807, 2.05) is 0 Å². The van der Waals surface area contributed by atoms with Gasteiger partial charge in [-0.25, -0.2) is 4.39 Å². The molecule has 2 rings (SSSR count). The van der Waals surface area contributed by atoms with Crippen molar-refractivity contribution in [3.8, 4) is 0 Å². The molecule has 1 atom stereocenters. The Labute approximate surface area is 98.5 Å². The van der Waals surface area contributed by atoms with Crippen LogP contribution in [0.3, 0.4) is 0 Å². The van der Waals surface area contributed by atoms with Crippen molar-refractivity contribution in [2.45, 2.75) is 19.4 Å². The van der Waals surface area contributed by atoms with Crippen molar-refractivity contribution >= 4 is 0 Å². The Morgan fingerprint density at radius 2 is 2.35 bits per heavy atom. The maximum atomic E-state index is 13.7. The van der Waals surface area contributed by atoms with Crippen molar-refractivity contribution in [3.63, 3.8) is 0 Å². The van der Waals surface area contributed by atoms with Gasteiger partial charge < -0.3 is 5.32 Å². The van der Waals surface area contributed by atoms with E-state index in [1.165, 1.54) is 6.20 Å². The summed E-state index contributed by atoms with van der Waals surface area (Å²) < 4.78 is 13.7. The molecule has 2 heterocycles. The SMILES string of the molecule is CCCNC(c1cn[nH]n1)c1ccncc1F. The lowest BCUT2D eigenvalue weighted by Gasteiger charge is -2.16. The van der Waals surface area contributed by atoms with Crippen LogP contribution >= 0.6 is 0 Å². The summed E-state index contributed by atoms with van der Waals surface area (Å²) in [5.74, 6) is -0.343. The van der Waals surface area contributed by atoms with Crippen LogP contribution in [-0.4, -0.2) is 26.9 Å². The maximum Gasteiger partial charge on any atom is 0.146 e. The molecule has 0 saturated heterocycles. The van der Waals surface area contributed by atoms with Crippen molar-refractivity contribution in [3.05, 3.63) is 41.7 Å². The van der Waals surface area contributed by atoms with Gasteiger partial charge in [0.05, 0.1) is 18.4 Å². The van der Waals surface area contributed by atoms with Gasteiger partial charge in [0.1, 0.15) is 11.5 Å². The van der Waals surface area contributed by atoms with Gasteiger partial charge in [-0.1, -0.05) is 6.92 Å². The Hall–Kier alpha value is -1.82. The summed E-state index contributed by atoms with van der Waals surface area (Å²) in [7, 11) is 0. The smallest absolute Gasteiger partial charge is 0.146 e. The second kappa shape index (κ2) is 5.49. The summed E-state index contributed by atoms with van der Waals surface area (Å²) in [5.41, 5.74) is 1.20. The highest BCUT2D eigenvalue weighted by atomic mass is 19.1. The normalized spacial score (nSPS) is 12.6. The van der Waals surface area contributed by atoms with Gasteiger partial charge in [0.15, 0.2) is 0 Å². The van der Waals surface area contributed by atoms with E-state index in [0.29, 0.717) is 11.3 Å². The van der Waals surface area contributed by atoms with Crippen molar-refractivity contribution in [2.75, 3.05) is 6.54 Å². The second-order valence-corrected chi connectivity index (χ2v) is 3.68. The predicted molar refractivity (Wildman–Crippen MR) is 60.7 cm³/mol. The quantitative estimate of drug-likeness (QED) is 0.822. The molecule has 90 valence electrons. The molecule has 17 heavy (non-hydrogen) atoms. The zero-order chi connectivity index (χ0) is 12.1. The number of nitrogens with zero attached hydrogens (tertiary/aromatic N) is 3. The van der Waals surface area contributed by atoms with E-state index in [9.17, 15) is 4.39 Å². The van der Waals surface area contributed by atoms with Gasteiger partial charge in [0.25, 0.3) is 0 Å². The summed E-state index contributed by atoms with van der Waals surface area (Å²) >= 11 is 0. The lowest BCUT2D eigenvalue weighted by atomic mass is 10.1. The maximum absolute atomic E-state index is 13.7. The minimum Gasteiger partial charge on any atom is -0.305 e. The molecule has 0 aliphatic heterocycles. The fraction of sp³-hybridized carbons (Fsp3) is 0.364. The molecule has 1 unspecified atom stereocenters. The standard InChI is InChI=1S/C11H14FN5/c1-2-4-14-11(10-7-15-17-16-10)8-3-5-13-6-9(8)12/h3,5-7,11,14H,2,4H2,1H3,(H,15,16,17). The molecule has 2 N–H and O–H groups in total. The Kier molecular flexibility index (Phi) is 3.77. The van der Waals surface area contributed by atoms with Gasteiger partial charge in [-0.05, 0) is 19.0 Å². The average molecular weight is 235 g/mol. The molecular weight excluding hydrogens is 221 g/mol. The Morgan fingerprint density at radius 3 is 3.00 bits per heavy atom. The summed E-state index contributed by atoms with van der Waals surface area (Å²) in [6.45, 7) is 2.83. The molecule has 0 fully saturated rings. The van der Waals surface area contributed by atoms with E-state index in [1.54, 1.807) is 18.5 Å². The molecule has 6 heteroatoms. The highest BCUT2D eigenvalue weighted by Gasteiger charge is 2.19. The first-order valence-corrected chi connectivity index (χ1v) is 5.51. The third-order valence-corrected chi connectivity index (χ3v) is 2.44. The van der Waals surface area contributed by atoms with Crippen molar-refractivity contribution in [1.82, 2.24) is 25.7 Å². The Bertz CT molecular complexity index is 457. The lowest BCUT2D eigenvalue weighted by Crippen LogP contribution is -2.24. The molecule has 0 amide bonds. The Morgan fingerprint density at radius 1 is 1.47 bits per heavy atom. The van der Waals surface area contributed by atoms with E-state index < -0.39 is 0 Å². The van der Waals surface area contributed by atoms with Gasteiger partial charge in [-0.15, -0.1) is 0 Å². The number of aromatic amines is 1. The third kappa shape index (κ3) is 2.65. The topological polar surface area (TPSA) is 66.5 Å². The van der Waals surface area contributed by atoms with Crippen LogP contribution in [-0.2, 0) is 0 Å². The highest BCUT2D eigenvalue weighted by Crippen LogP contribution is 2.21. The van der Waals surface area contributed by atoms with Crippen molar-refractivity contribution < 1.29 is 4.39 Å². The van der Waals surface area contributed by atoms with E-state index in [2.05, 4.69) is 32.6 Å². The van der Waals surface area contributed by atoms with Crippen LogP contribution in [0, 0.1) is 5.82 Å². The van der Waals surface area contributed by atoms with Gasteiger partial charge in [0.2, 0.25) is 0 Å². The zero-order valence-corrected chi connectivity index (χ0v) is 9.52. The van der Waals surface area contributed by atoms with Crippen LogP contribution in [0.1, 0.15) is 30.6 Å². The first-order chi connectivity index (χ1) is 8.33. The van der Waals surface area contributed by atoms with E-state index in [0.717, 1.165) is 13.0 Å². The van der Waals surface area contributed by atoms with Gasteiger partial charge >= 0.3 is 0 Å². The number of halogens is 1. The number of hydrogen-bond acceptors (Lipinski definition) is 4. The fourth-order valence-corrected chi connectivity index (χ4v) is 1.63. The van der Waals surface area contributed by atoms with Crippen molar-refractivity contribution in [2.24, 2.45) is 0 Å². The molecule has 0 radical (unpaired) electrons. The second-order valence-electron chi connectivity index (χ2n) is 3.68. The predicted octanol–water partition coefficient (Wildman–Crippen LogP) is 1.43. The third-order valence-electron chi connectivity index (χ3n) is 2.44. The first-order valence-electron chi connectivity index (χ1n) is 5.51. The van der Waals surface area contributed by atoms with Crippen LogP contribution in [0.15, 0.2) is 24.7 Å². The number of aromatic nitrogens is 4. The van der Waals surface area contributed by atoms with Gasteiger partial charge in [-0.2, -0.15) is 15.4 Å². The number of hydrogen-bond donors (Lipinski definition) is 2. The fourth-order valence-electron chi connectivity index (χ4n) is 1.63. The number of pyridine rings is 1. The molecule has 0 saturated carbocycles. The molecule has 0 bridgehead atoms. The van der Waals surface area contributed by atoms with E-state index in [4.69, 9.17) is 0 Å².